The minimum Gasteiger partial charge on any atom is -0.462 e. The average Bonchev–Trinajstić information content (AvgIpc) is 3.46. The molecule has 3 fully saturated rings. The highest BCUT2D eigenvalue weighted by molar-refractivity contribution is 5.90. The number of esters is 1. The molecule has 3 aliphatic rings. The number of benzene rings is 1. The van der Waals surface area contributed by atoms with Gasteiger partial charge in [-0.2, -0.15) is 0 Å². The van der Waals surface area contributed by atoms with Crippen molar-refractivity contribution >= 4 is 18.0 Å². The van der Waals surface area contributed by atoms with E-state index >= 15 is 0 Å². The van der Waals surface area contributed by atoms with E-state index in [1.807, 2.05) is 12.1 Å². The smallest absolute Gasteiger partial charge is 0.309 e. The Balaban J connectivity index is 1.17. The van der Waals surface area contributed by atoms with Crippen molar-refractivity contribution < 1.29 is 19.5 Å². The van der Waals surface area contributed by atoms with E-state index < -0.39 is 5.91 Å². The molecule has 6 heteroatoms. The van der Waals surface area contributed by atoms with E-state index in [4.69, 9.17) is 9.94 Å². The Morgan fingerprint density at radius 1 is 0.947 bits per heavy atom. The lowest BCUT2D eigenvalue weighted by Gasteiger charge is -2.33. The van der Waals surface area contributed by atoms with Crippen molar-refractivity contribution in [1.82, 2.24) is 10.8 Å². The minimum absolute atomic E-state index is 0.123. The van der Waals surface area contributed by atoms with Crippen LogP contribution in [0.2, 0.25) is 0 Å². The summed E-state index contributed by atoms with van der Waals surface area (Å²) in [5.41, 5.74) is 3.73. The largest absolute Gasteiger partial charge is 0.462 e. The van der Waals surface area contributed by atoms with Gasteiger partial charge in [0.25, 0.3) is 5.91 Å². The fourth-order valence-electron chi connectivity index (χ4n) is 6.92. The Bertz CT molecular complexity index is 896. The summed E-state index contributed by atoms with van der Waals surface area (Å²) in [6.45, 7) is 1.83. The first kappa shape index (κ1) is 28.8. The molecule has 0 heterocycles. The number of amides is 1. The molecular weight excluding hydrogens is 476 g/mol. The summed E-state index contributed by atoms with van der Waals surface area (Å²) in [6, 6.07) is 8.08. The molecule has 0 saturated heterocycles. The van der Waals surface area contributed by atoms with E-state index in [0.717, 1.165) is 43.8 Å². The van der Waals surface area contributed by atoms with Gasteiger partial charge in [0.15, 0.2) is 0 Å². The molecule has 38 heavy (non-hydrogen) atoms. The minimum atomic E-state index is -0.530. The third kappa shape index (κ3) is 9.23. The Morgan fingerprint density at radius 3 is 2.39 bits per heavy atom. The molecule has 4 rings (SSSR count). The van der Waals surface area contributed by atoms with Gasteiger partial charge in [-0.05, 0) is 106 Å². The molecular formula is C32H48N2O4. The topological polar surface area (TPSA) is 87.7 Å². The number of ether oxygens (including phenoxy) is 1. The van der Waals surface area contributed by atoms with Crippen LogP contribution in [0.25, 0.3) is 6.08 Å². The highest BCUT2D eigenvalue weighted by Gasteiger charge is 2.33. The predicted molar refractivity (Wildman–Crippen MR) is 150 cm³/mol. The Morgan fingerprint density at radius 2 is 1.66 bits per heavy atom. The van der Waals surface area contributed by atoms with Crippen LogP contribution in [0.4, 0.5) is 0 Å². The van der Waals surface area contributed by atoms with Crippen LogP contribution in [0.15, 0.2) is 30.3 Å². The lowest BCUT2D eigenvalue weighted by atomic mass is 9.74. The zero-order valence-electron chi connectivity index (χ0n) is 23.0. The first-order valence-corrected chi connectivity index (χ1v) is 15.2. The second kappa shape index (κ2) is 15.4. The van der Waals surface area contributed by atoms with E-state index in [0.29, 0.717) is 11.8 Å². The molecule has 6 nitrogen and oxygen atoms in total. The summed E-state index contributed by atoms with van der Waals surface area (Å²) in [7, 11) is 0. The van der Waals surface area contributed by atoms with Crippen molar-refractivity contribution in [3.8, 4) is 0 Å². The van der Waals surface area contributed by atoms with Crippen LogP contribution in [-0.2, 0) is 20.9 Å². The second-order valence-corrected chi connectivity index (χ2v) is 12.0. The average molecular weight is 525 g/mol. The van der Waals surface area contributed by atoms with Crippen molar-refractivity contribution in [2.45, 2.75) is 109 Å². The van der Waals surface area contributed by atoms with E-state index in [1.54, 1.807) is 11.6 Å². The van der Waals surface area contributed by atoms with Gasteiger partial charge in [-0.1, -0.05) is 56.4 Å². The first-order chi connectivity index (χ1) is 18.6. The molecule has 3 saturated carbocycles. The zero-order valence-corrected chi connectivity index (χ0v) is 23.0. The lowest BCUT2D eigenvalue weighted by molar-refractivity contribution is -0.156. The van der Waals surface area contributed by atoms with Crippen LogP contribution in [0.3, 0.4) is 0 Å². The number of hydroxylamine groups is 1. The van der Waals surface area contributed by atoms with Crippen LogP contribution in [0.5, 0.6) is 0 Å². The number of rotatable bonds is 12. The summed E-state index contributed by atoms with van der Waals surface area (Å²) in [5, 5.41) is 12.2. The van der Waals surface area contributed by atoms with Crippen LogP contribution in [0.1, 0.15) is 107 Å². The van der Waals surface area contributed by atoms with E-state index in [9.17, 15) is 9.59 Å². The summed E-state index contributed by atoms with van der Waals surface area (Å²) < 4.78 is 6.02. The predicted octanol–water partition coefficient (Wildman–Crippen LogP) is 6.56. The molecule has 3 aliphatic carbocycles. The SMILES string of the molecule is O=C(/C=C/c1cccc(CNCC2CCC(CC[C@H](C(=O)OC3CCCC3)C3CCCCC3)CC2)c1)NO. The maximum Gasteiger partial charge on any atom is 0.309 e. The van der Waals surface area contributed by atoms with Gasteiger partial charge in [0.05, 0.1) is 5.92 Å². The molecule has 0 radical (unpaired) electrons. The van der Waals surface area contributed by atoms with E-state index in [-0.39, 0.29) is 18.0 Å². The Labute approximate surface area is 228 Å². The number of hydrogen-bond acceptors (Lipinski definition) is 5. The van der Waals surface area contributed by atoms with Crippen LogP contribution in [0, 0.1) is 23.7 Å². The standard InChI is InChI=1S/C32H48N2O4/c35-31(34-37)20-18-25-7-6-8-27(21-25)23-33-22-26-15-13-24(14-16-26)17-19-30(28-9-2-1-3-10-28)32(36)38-29-11-4-5-12-29/h6-8,18,20-21,24,26,28-30,33,37H,1-5,9-17,19,22-23H2,(H,34,35)/b20-18+/t24?,26?,30-/m0/s1. The lowest BCUT2D eigenvalue weighted by Crippen LogP contribution is -2.31. The maximum absolute atomic E-state index is 13.2. The van der Waals surface area contributed by atoms with Gasteiger partial charge in [0, 0.05) is 12.6 Å². The van der Waals surface area contributed by atoms with Crippen LogP contribution in [-0.4, -0.2) is 29.7 Å². The molecule has 0 unspecified atom stereocenters. The van der Waals surface area contributed by atoms with Gasteiger partial charge in [-0.3, -0.25) is 14.8 Å². The van der Waals surface area contributed by atoms with Crippen molar-refractivity contribution in [3.63, 3.8) is 0 Å². The molecule has 1 atom stereocenters. The molecule has 1 amide bonds. The third-order valence-electron chi connectivity index (χ3n) is 9.21. The van der Waals surface area contributed by atoms with Crippen molar-refractivity contribution in [2.75, 3.05) is 6.54 Å². The van der Waals surface area contributed by atoms with Crippen molar-refractivity contribution in [3.05, 3.63) is 41.5 Å². The number of nitrogens with one attached hydrogen (secondary N) is 2. The van der Waals surface area contributed by atoms with E-state index in [2.05, 4.69) is 17.4 Å². The molecule has 210 valence electrons. The molecule has 1 aromatic carbocycles. The first-order valence-electron chi connectivity index (χ1n) is 15.2. The molecule has 0 bridgehead atoms. The Kier molecular flexibility index (Phi) is 11.7. The quantitative estimate of drug-likeness (QED) is 0.125. The number of hydrogen-bond donors (Lipinski definition) is 3. The van der Waals surface area contributed by atoms with Gasteiger partial charge < -0.3 is 10.1 Å². The summed E-state index contributed by atoms with van der Waals surface area (Å²) in [4.78, 5) is 24.4. The highest BCUT2D eigenvalue weighted by Crippen LogP contribution is 2.38. The van der Waals surface area contributed by atoms with Crippen molar-refractivity contribution in [1.29, 1.82) is 0 Å². The fraction of sp³-hybridized carbons (Fsp3) is 0.688. The summed E-state index contributed by atoms with van der Waals surface area (Å²) in [5.74, 6) is 1.72. The summed E-state index contributed by atoms with van der Waals surface area (Å²) in [6.07, 6.45) is 21.3. The van der Waals surface area contributed by atoms with Crippen LogP contribution < -0.4 is 10.8 Å². The number of carbonyl (C=O) groups excluding carboxylic acids is 2. The fourth-order valence-corrected chi connectivity index (χ4v) is 6.92. The van der Waals surface area contributed by atoms with E-state index in [1.165, 1.54) is 88.7 Å². The molecule has 3 N–H and O–H groups in total. The molecule has 1 aromatic rings. The zero-order chi connectivity index (χ0) is 26.6. The second-order valence-electron chi connectivity index (χ2n) is 12.0. The van der Waals surface area contributed by atoms with Crippen LogP contribution >= 0.6 is 0 Å². The van der Waals surface area contributed by atoms with Gasteiger partial charge in [0.2, 0.25) is 0 Å². The molecule has 0 aliphatic heterocycles. The number of carbonyl (C=O) groups is 2. The normalized spacial score (nSPS) is 23.9. The Hall–Kier alpha value is -2.18. The molecule has 0 aromatic heterocycles. The third-order valence-corrected chi connectivity index (χ3v) is 9.21. The van der Waals surface area contributed by atoms with Crippen molar-refractivity contribution in [2.24, 2.45) is 23.7 Å². The maximum atomic E-state index is 13.2. The van der Waals surface area contributed by atoms with Gasteiger partial charge in [0.1, 0.15) is 6.10 Å². The van der Waals surface area contributed by atoms with Gasteiger partial charge in [-0.25, -0.2) is 5.48 Å². The summed E-state index contributed by atoms with van der Waals surface area (Å²) >= 11 is 0. The molecule has 0 spiro atoms. The van der Waals surface area contributed by atoms with Gasteiger partial charge in [-0.15, -0.1) is 0 Å². The monoisotopic (exact) mass is 524 g/mol. The van der Waals surface area contributed by atoms with Gasteiger partial charge >= 0.3 is 5.97 Å². The highest BCUT2D eigenvalue weighted by atomic mass is 16.5.